The van der Waals surface area contributed by atoms with E-state index in [4.69, 9.17) is 4.74 Å². The molecule has 0 saturated heterocycles. The van der Waals surface area contributed by atoms with Crippen molar-refractivity contribution in [3.05, 3.63) is 71.4 Å². The largest absolute Gasteiger partial charge is 0.491 e. The van der Waals surface area contributed by atoms with Crippen LogP contribution in [0.1, 0.15) is 35.3 Å². The summed E-state index contributed by atoms with van der Waals surface area (Å²) in [7, 11) is 0. The van der Waals surface area contributed by atoms with Crippen molar-refractivity contribution in [3.8, 4) is 5.75 Å². The van der Waals surface area contributed by atoms with Crippen molar-refractivity contribution in [2.24, 2.45) is 0 Å². The molecule has 0 radical (unpaired) electrons. The van der Waals surface area contributed by atoms with E-state index in [1.807, 2.05) is 62.4 Å². The number of pyridine rings is 1. The molecular weight excluding hydrogens is 338 g/mol. The Bertz CT molecular complexity index is 993. The third kappa shape index (κ3) is 3.38. The van der Waals surface area contributed by atoms with Crippen LogP contribution < -0.4 is 15.4 Å². The van der Waals surface area contributed by atoms with Gasteiger partial charge in [-0.25, -0.2) is 0 Å². The van der Waals surface area contributed by atoms with Crippen molar-refractivity contribution in [3.63, 3.8) is 0 Å². The van der Waals surface area contributed by atoms with Crippen molar-refractivity contribution in [2.75, 3.05) is 13.2 Å². The number of hydrogen-bond donors (Lipinski definition) is 2. The molecule has 2 N–H and O–H groups in total. The Kier molecular flexibility index (Phi) is 4.54. The molecular formula is C22H23N3O2. The van der Waals surface area contributed by atoms with E-state index in [-0.39, 0.29) is 5.91 Å². The normalized spacial score (nSPS) is 14.1. The number of hydrogen-bond acceptors (Lipinski definition) is 4. The van der Waals surface area contributed by atoms with E-state index in [9.17, 15) is 4.79 Å². The average Bonchev–Trinajstić information content (AvgIpc) is 2.92. The number of ether oxygens (including phenoxy) is 1. The van der Waals surface area contributed by atoms with Crippen LogP contribution in [0, 0.1) is 0 Å². The number of nitrogens with zero attached hydrogens (tertiary/aromatic N) is 1. The lowest BCUT2D eigenvalue weighted by Crippen LogP contribution is -2.41. The van der Waals surface area contributed by atoms with Gasteiger partial charge in [-0.15, -0.1) is 0 Å². The third-order valence-electron chi connectivity index (χ3n) is 4.93. The van der Waals surface area contributed by atoms with Crippen LogP contribution in [0.4, 0.5) is 0 Å². The van der Waals surface area contributed by atoms with Gasteiger partial charge in [0.15, 0.2) is 0 Å². The number of para-hydroxylation sites is 2. The molecule has 3 aromatic rings. The summed E-state index contributed by atoms with van der Waals surface area (Å²) in [5.74, 6) is 0.537. The summed E-state index contributed by atoms with van der Waals surface area (Å²) in [6.45, 7) is 6.04. The molecule has 2 heterocycles. The van der Waals surface area contributed by atoms with Gasteiger partial charge in [-0.1, -0.05) is 30.3 Å². The number of amides is 1. The van der Waals surface area contributed by atoms with Gasteiger partial charge in [0.05, 0.1) is 16.6 Å². The number of carbonyl (C=O) groups excluding carboxylic acids is 1. The van der Waals surface area contributed by atoms with Gasteiger partial charge in [0.1, 0.15) is 12.4 Å². The molecule has 5 heteroatoms. The molecule has 0 atom stereocenters. The molecule has 4 rings (SSSR count). The van der Waals surface area contributed by atoms with Crippen LogP contribution in [-0.4, -0.2) is 24.0 Å². The highest BCUT2D eigenvalue weighted by Gasteiger charge is 2.27. The van der Waals surface area contributed by atoms with Crippen molar-refractivity contribution in [1.82, 2.24) is 15.6 Å². The minimum absolute atomic E-state index is 0.139. The average molecular weight is 361 g/mol. The summed E-state index contributed by atoms with van der Waals surface area (Å²) in [5.41, 5.74) is 2.96. The van der Waals surface area contributed by atoms with Crippen LogP contribution in [0.2, 0.25) is 0 Å². The van der Waals surface area contributed by atoms with E-state index in [1.54, 1.807) is 6.20 Å². The van der Waals surface area contributed by atoms with E-state index in [2.05, 4.69) is 15.6 Å². The molecule has 27 heavy (non-hydrogen) atoms. The van der Waals surface area contributed by atoms with Crippen molar-refractivity contribution in [2.45, 2.75) is 25.9 Å². The minimum atomic E-state index is -0.564. The maximum absolute atomic E-state index is 13.1. The third-order valence-corrected chi connectivity index (χ3v) is 4.93. The second kappa shape index (κ2) is 7.00. The molecule has 0 unspecified atom stereocenters. The number of benzene rings is 2. The van der Waals surface area contributed by atoms with Crippen LogP contribution in [0.5, 0.6) is 5.75 Å². The van der Waals surface area contributed by atoms with Gasteiger partial charge in [-0.3, -0.25) is 9.78 Å². The smallest absolute Gasteiger partial charge is 0.255 e. The summed E-state index contributed by atoms with van der Waals surface area (Å²) in [4.78, 5) is 17.5. The molecule has 1 aliphatic heterocycles. The molecule has 1 amide bonds. The van der Waals surface area contributed by atoms with Crippen LogP contribution in [0.15, 0.2) is 54.7 Å². The number of aromatic nitrogens is 1. The molecule has 0 saturated carbocycles. The summed E-state index contributed by atoms with van der Waals surface area (Å²) in [5, 5.41) is 7.52. The topological polar surface area (TPSA) is 63.2 Å². The molecule has 0 fully saturated rings. The molecule has 1 aliphatic rings. The Labute approximate surface area is 158 Å². The standard InChI is InChI=1S/C22H23N3O2/c1-22(2,18-10-11-24-19-9-4-3-7-16(18)19)25-21(26)17-8-5-6-15-14-23-12-13-27-20(15)17/h3-11,23H,12-14H2,1-2H3,(H,25,26). The van der Waals surface area contributed by atoms with Gasteiger partial charge < -0.3 is 15.4 Å². The first-order valence-corrected chi connectivity index (χ1v) is 9.18. The van der Waals surface area contributed by atoms with Crippen molar-refractivity contribution < 1.29 is 9.53 Å². The maximum atomic E-state index is 13.1. The minimum Gasteiger partial charge on any atom is -0.491 e. The lowest BCUT2D eigenvalue weighted by molar-refractivity contribution is 0.0908. The number of rotatable bonds is 3. The fourth-order valence-electron chi connectivity index (χ4n) is 3.58. The fraction of sp³-hybridized carbons (Fsp3) is 0.273. The van der Waals surface area contributed by atoms with Gasteiger partial charge in [-0.2, -0.15) is 0 Å². The quantitative estimate of drug-likeness (QED) is 0.751. The molecule has 0 spiro atoms. The summed E-state index contributed by atoms with van der Waals surface area (Å²) >= 11 is 0. The zero-order chi connectivity index (χ0) is 18.9. The fourth-order valence-corrected chi connectivity index (χ4v) is 3.58. The first-order chi connectivity index (χ1) is 13.1. The zero-order valence-corrected chi connectivity index (χ0v) is 15.6. The molecule has 138 valence electrons. The van der Waals surface area contributed by atoms with Gasteiger partial charge in [0.2, 0.25) is 0 Å². The van der Waals surface area contributed by atoms with Crippen molar-refractivity contribution >= 4 is 16.8 Å². The second-order valence-corrected chi connectivity index (χ2v) is 7.27. The predicted molar refractivity (Wildman–Crippen MR) is 106 cm³/mol. The molecule has 0 bridgehead atoms. The first kappa shape index (κ1) is 17.5. The molecule has 1 aromatic heterocycles. The molecule has 2 aromatic carbocycles. The van der Waals surface area contributed by atoms with Gasteiger partial charge in [0.25, 0.3) is 5.91 Å². The lowest BCUT2D eigenvalue weighted by atomic mass is 9.90. The van der Waals surface area contributed by atoms with Crippen LogP contribution >= 0.6 is 0 Å². The highest BCUT2D eigenvalue weighted by atomic mass is 16.5. The van der Waals surface area contributed by atoms with E-state index in [0.29, 0.717) is 24.5 Å². The Morgan fingerprint density at radius 2 is 2.00 bits per heavy atom. The van der Waals surface area contributed by atoms with Crippen LogP contribution in [0.25, 0.3) is 10.9 Å². The van der Waals surface area contributed by atoms with Crippen LogP contribution in [0.3, 0.4) is 0 Å². The van der Waals surface area contributed by atoms with Gasteiger partial charge >= 0.3 is 0 Å². The zero-order valence-electron chi connectivity index (χ0n) is 15.6. The first-order valence-electron chi connectivity index (χ1n) is 9.18. The summed E-state index contributed by atoms with van der Waals surface area (Å²) in [6.07, 6.45) is 1.79. The van der Waals surface area contributed by atoms with E-state index >= 15 is 0 Å². The second-order valence-electron chi connectivity index (χ2n) is 7.27. The lowest BCUT2D eigenvalue weighted by Gasteiger charge is -2.28. The Balaban J connectivity index is 1.68. The maximum Gasteiger partial charge on any atom is 0.255 e. The molecule has 0 aliphatic carbocycles. The van der Waals surface area contributed by atoms with E-state index in [1.165, 1.54) is 0 Å². The Hall–Kier alpha value is -2.92. The Morgan fingerprint density at radius 3 is 2.89 bits per heavy atom. The van der Waals surface area contributed by atoms with E-state index in [0.717, 1.165) is 28.6 Å². The highest BCUT2D eigenvalue weighted by Crippen LogP contribution is 2.30. The highest BCUT2D eigenvalue weighted by molar-refractivity contribution is 5.98. The van der Waals surface area contributed by atoms with Crippen LogP contribution in [-0.2, 0) is 12.1 Å². The SMILES string of the molecule is CC(C)(NC(=O)c1cccc2c1OCCNC2)c1ccnc2ccccc12. The number of fused-ring (bicyclic) bond motifs is 2. The van der Waals surface area contributed by atoms with Gasteiger partial charge in [-0.05, 0) is 37.6 Å². The summed E-state index contributed by atoms with van der Waals surface area (Å²) in [6, 6.07) is 15.7. The molecule has 5 nitrogen and oxygen atoms in total. The summed E-state index contributed by atoms with van der Waals surface area (Å²) < 4.78 is 5.86. The van der Waals surface area contributed by atoms with E-state index < -0.39 is 5.54 Å². The van der Waals surface area contributed by atoms with Crippen molar-refractivity contribution in [1.29, 1.82) is 0 Å². The van der Waals surface area contributed by atoms with Gasteiger partial charge in [0, 0.05) is 30.2 Å². The number of carbonyl (C=O) groups is 1. The Morgan fingerprint density at radius 1 is 1.15 bits per heavy atom. The number of nitrogens with one attached hydrogen (secondary N) is 2. The predicted octanol–water partition coefficient (Wildman–Crippen LogP) is 3.38. The monoisotopic (exact) mass is 361 g/mol.